The van der Waals surface area contributed by atoms with Gasteiger partial charge in [0.15, 0.2) is 16.1 Å². The average molecular weight is 494 g/mol. The summed E-state index contributed by atoms with van der Waals surface area (Å²) < 4.78 is 7.24. The van der Waals surface area contributed by atoms with E-state index in [0.717, 1.165) is 22.6 Å². The van der Waals surface area contributed by atoms with Crippen LogP contribution in [0.1, 0.15) is 16.7 Å². The molecule has 1 N–H and O–H groups in total. The van der Waals surface area contributed by atoms with E-state index in [9.17, 15) is 4.79 Å². The Hall–Kier alpha value is -3.01. The van der Waals surface area contributed by atoms with Crippen LogP contribution in [0, 0.1) is 20.8 Å². The summed E-state index contributed by atoms with van der Waals surface area (Å²) in [6.07, 6.45) is 0. The van der Waals surface area contributed by atoms with Gasteiger partial charge in [-0.05, 0) is 31.9 Å². The largest absolute Gasteiger partial charge is 0.383 e. The lowest BCUT2D eigenvalue weighted by Crippen LogP contribution is -2.15. The van der Waals surface area contributed by atoms with Crippen LogP contribution in [-0.4, -0.2) is 45.1 Å². The number of hydrogen-bond acceptors (Lipinski definition) is 7. The molecule has 0 bridgehead atoms. The number of benzene rings is 2. The zero-order valence-corrected chi connectivity index (χ0v) is 21.3. The summed E-state index contributed by atoms with van der Waals surface area (Å²) in [5.41, 5.74) is 6.57. The van der Waals surface area contributed by atoms with Gasteiger partial charge in [0.25, 0.3) is 0 Å². The first-order valence-corrected chi connectivity index (χ1v) is 12.8. The van der Waals surface area contributed by atoms with E-state index in [0.29, 0.717) is 23.4 Å². The quantitative estimate of drug-likeness (QED) is 0.316. The van der Waals surface area contributed by atoms with Crippen LogP contribution in [0.2, 0.25) is 0 Å². The van der Waals surface area contributed by atoms with Gasteiger partial charge in [0.2, 0.25) is 5.91 Å². The molecule has 1 amide bonds. The minimum absolute atomic E-state index is 0.134. The van der Waals surface area contributed by atoms with Gasteiger partial charge in [-0.15, -0.1) is 21.5 Å². The number of amides is 1. The van der Waals surface area contributed by atoms with Crippen LogP contribution in [0.15, 0.2) is 53.0 Å². The highest BCUT2D eigenvalue weighted by atomic mass is 32.2. The molecule has 0 saturated heterocycles. The van der Waals surface area contributed by atoms with Crippen LogP contribution in [0.3, 0.4) is 0 Å². The molecule has 0 aliphatic heterocycles. The van der Waals surface area contributed by atoms with Crippen molar-refractivity contribution in [1.29, 1.82) is 0 Å². The van der Waals surface area contributed by atoms with E-state index < -0.39 is 0 Å². The summed E-state index contributed by atoms with van der Waals surface area (Å²) in [5, 5.41) is 14.8. The van der Waals surface area contributed by atoms with Crippen LogP contribution in [0.25, 0.3) is 22.6 Å². The van der Waals surface area contributed by atoms with Crippen molar-refractivity contribution < 1.29 is 9.53 Å². The van der Waals surface area contributed by atoms with Crippen molar-refractivity contribution in [3.63, 3.8) is 0 Å². The summed E-state index contributed by atoms with van der Waals surface area (Å²) in [4.78, 5) is 17.3. The molecular formula is C25H27N5O2S2. The minimum atomic E-state index is -0.134. The second kappa shape index (κ2) is 10.9. The van der Waals surface area contributed by atoms with E-state index in [1.54, 1.807) is 7.11 Å². The number of carbonyl (C=O) groups is 1. The van der Waals surface area contributed by atoms with E-state index in [1.165, 1.54) is 39.8 Å². The number of nitrogens with zero attached hydrogens (tertiary/aromatic N) is 4. The monoisotopic (exact) mass is 493 g/mol. The summed E-state index contributed by atoms with van der Waals surface area (Å²) in [5.74, 6) is 0.831. The number of aromatic nitrogens is 4. The smallest absolute Gasteiger partial charge is 0.236 e. The van der Waals surface area contributed by atoms with E-state index >= 15 is 0 Å². The predicted molar refractivity (Wildman–Crippen MR) is 138 cm³/mol. The maximum Gasteiger partial charge on any atom is 0.236 e. The summed E-state index contributed by atoms with van der Waals surface area (Å²) >= 11 is 2.78. The number of thioether (sulfide) groups is 1. The van der Waals surface area contributed by atoms with E-state index in [4.69, 9.17) is 4.74 Å². The molecule has 4 aromatic rings. The number of ether oxygens (including phenoxy) is 1. The van der Waals surface area contributed by atoms with Crippen LogP contribution in [0.4, 0.5) is 5.13 Å². The highest BCUT2D eigenvalue weighted by molar-refractivity contribution is 7.99. The Labute approximate surface area is 207 Å². The fourth-order valence-corrected chi connectivity index (χ4v) is 5.38. The molecule has 7 nitrogen and oxygen atoms in total. The van der Waals surface area contributed by atoms with E-state index in [1.807, 2.05) is 40.3 Å². The number of anilines is 1. The third-order valence-electron chi connectivity index (χ3n) is 5.28. The molecule has 0 aliphatic rings. The number of carbonyl (C=O) groups excluding carboxylic acids is 1. The first kappa shape index (κ1) is 24.1. The Balaban J connectivity index is 1.44. The van der Waals surface area contributed by atoms with E-state index in [-0.39, 0.29) is 11.7 Å². The van der Waals surface area contributed by atoms with Gasteiger partial charge in [-0.2, -0.15) is 0 Å². The number of methoxy groups -OCH3 is 1. The predicted octanol–water partition coefficient (Wildman–Crippen LogP) is 5.37. The molecule has 0 aliphatic carbocycles. The highest BCUT2D eigenvalue weighted by Crippen LogP contribution is 2.31. The minimum Gasteiger partial charge on any atom is -0.383 e. The molecule has 0 fully saturated rings. The topological polar surface area (TPSA) is 81.9 Å². The molecule has 0 atom stereocenters. The molecule has 9 heteroatoms. The number of aryl methyl sites for hydroxylation is 3. The van der Waals surface area contributed by atoms with Crippen LogP contribution < -0.4 is 5.32 Å². The third kappa shape index (κ3) is 5.55. The van der Waals surface area contributed by atoms with Gasteiger partial charge in [0, 0.05) is 23.6 Å². The van der Waals surface area contributed by atoms with Gasteiger partial charge in [0.1, 0.15) is 0 Å². The summed E-state index contributed by atoms with van der Waals surface area (Å²) in [6, 6.07) is 14.2. The molecule has 0 radical (unpaired) electrons. The van der Waals surface area contributed by atoms with Gasteiger partial charge in [0.05, 0.1) is 24.6 Å². The molecule has 2 heterocycles. The molecule has 34 heavy (non-hydrogen) atoms. The van der Waals surface area contributed by atoms with Crippen molar-refractivity contribution in [2.24, 2.45) is 0 Å². The lowest BCUT2D eigenvalue weighted by atomic mass is 9.98. The number of thiazole rings is 1. The fraction of sp³-hybridized carbons (Fsp3) is 0.280. The Morgan fingerprint density at radius 3 is 2.56 bits per heavy atom. The Bertz CT molecular complexity index is 1260. The first-order valence-electron chi connectivity index (χ1n) is 10.9. The standard InChI is InChI=1S/C25H27N5O2S2/c1-16-12-17(2)22(18(3)13-16)20-14-33-24(26-20)27-21(31)15-34-25-29-28-23(30(25)10-11-32-4)19-8-6-5-7-9-19/h5-9,12-14H,10-11,15H2,1-4H3,(H,26,27,31). The maximum atomic E-state index is 12.7. The maximum absolute atomic E-state index is 12.7. The lowest BCUT2D eigenvalue weighted by molar-refractivity contribution is -0.113. The van der Waals surface area contributed by atoms with Gasteiger partial charge < -0.3 is 10.1 Å². The van der Waals surface area contributed by atoms with Crippen molar-refractivity contribution >= 4 is 34.1 Å². The molecule has 2 aromatic carbocycles. The molecule has 176 valence electrons. The Morgan fingerprint density at radius 2 is 1.85 bits per heavy atom. The zero-order chi connectivity index (χ0) is 24.1. The van der Waals surface area contributed by atoms with Crippen molar-refractivity contribution in [3.05, 3.63) is 64.5 Å². The Kier molecular flexibility index (Phi) is 7.77. The summed E-state index contributed by atoms with van der Waals surface area (Å²) in [7, 11) is 1.66. The molecule has 0 spiro atoms. The zero-order valence-electron chi connectivity index (χ0n) is 19.7. The third-order valence-corrected chi connectivity index (χ3v) is 7.01. The average Bonchev–Trinajstić information content (AvgIpc) is 3.43. The number of rotatable bonds is 9. The van der Waals surface area contributed by atoms with Gasteiger partial charge in [-0.3, -0.25) is 9.36 Å². The molecule has 0 saturated carbocycles. The van der Waals surface area contributed by atoms with Gasteiger partial charge in [-0.1, -0.05) is 59.8 Å². The Morgan fingerprint density at radius 1 is 1.12 bits per heavy atom. The highest BCUT2D eigenvalue weighted by Gasteiger charge is 2.17. The van der Waals surface area contributed by atoms with Gasteiger partial charge >= 0.3 is 0 Å². The van der Waals surface area contributed by atoms with Crippen molar-refractivity contribution in [1.82, 2.24) is 19.7 Å². The van der Waals surface area contributed by atoms with Crippen LogP contribution >= 0.6 is 23.1 Å². The van der Waals surface area contributed by atoms with Gasteiger partial charge in [-0.25, -0.2) is 4.98 Å². The number of nitrogens with one attached hydrogen (secondary N) is 1. The molecule has 0 unspecified atom stereocenters. The van der Waals surface area contributed by atoms with E-state index in [2.05, 4.69) is 53.4 Å². The number of hydrogen-bond donors (Lipinski definition) is 1. The second-order valence-corrected chi connectivity index (χ2v) is 9.77. The molecular weight excluding hydrogens is 466 g/mol. The van der Waals surface area contributed by atoms with Crippen LogP contribution in [-0.2, 0) is 16.1 Å². The van der Waals surface area contributed by atoms with Crippen LogP contribution in [0.5, 0.6) is 0 Å². The second-order valence-electron chi connectivity index (χ2n) is 7.97. The summed E-state index contributed by atoms with van der Waals surface area (Å²) in [6.45, 7) is 7.40. The normalized spacial score (nSPS) is 11.1. The molecule has 2 aromatic heterocycles. The molecule has 4 rings (SSSR count). The van der Waals surface area contributed by atoms with Crippen molar-refractivity contribution in [3.8, 4) is 22.6 Å². The fourth-order valence-electron chi connectivity index (χ4n) is 3.90. The first-order chi connectivity index (χ1) is 16.5. The van der Waals surface area contributed by atoms with Crippen molar-refractivity contribution in [2.75, 3.05) is 24.8 Å². The SMILES string of the molecule is COCCn1c(SCC(=O)Nc2nc(-c3c(C)cc(C)cc3C)cs2)nnc1-c1ccccc1. The lowest BCUT2D eigenvalue weighted by Gasteiger charge is -2.09. The van der Waals surface area contributed by atoms with Crippen molar-refractivity contribution in [2.45, 2.75) is 32.5 Å².